The van der Waals surface area contributed by atoms with Gasteiger partial charge in [0.1, 0.15) is 0 Å². The largest absolute Gasteiger partial charge is 0.338 e. The van der Waals surface area contributed by atoms with Crippen molar-refractivity contribution in [3.8, 4) is 0 Å². The molecule has 0 aliphatic carbocycles. The number of amides is 1. The number of hydrogen-bond donors (Lipinski definition) is 1. The zero-order valence-corrected chi connectivity index (χ0v) is 11.3. The summed E-state index contributed by atoms with van der Waals surface area (Å²) in [4.78, 5) is 14.5. The number of aryl methyl sites for hydroxylation is 1. The first-order valence-corrected chi connectivity index (χ1v) is 6.69. The monoisotopic (exact) mass is 246 g/mol. The van der Waals surface area contributed by atoms with Crippen LogP contribution in [0.1, 0.15) is 34.3 Å². The Bertz CT molecular complexity index is 442. The number of nitrogens with zero attached hydrogens (tertiary/aromatic N) is 1. The van der Waals surface area contributed by atoms with Crippen LogP contribution in [-0.4, -0.2) is 30.4 Å². The normalized spacial score (nSPS) is 19.9. The summed E-state index contributed by atoms with van der Waals surface area (Å²) in [7, 11) is 0. The van der Waals surface area contributed by atoms with Crippen molar-refractivity contribution in [2.75, 3.05) is 19.6 Å². The molecule has 1 aromatic rings. The van der Waals surface area contributed by atoms with Gasteiger partial charge in [0.25, 0.3) is 5.91 Å². The highest BCUT2D eigenvalue weighted by molar-refractivity contribution is 5.96. The van der Waals surface area contributed by atoms with Crippen molar-refractivity contribution in [2.24, 2.45) is 11.7 Å². The molecule has 0 saturated carbocycles. The molecule has 1 aromatic carbocycles. The number of piperidine rings is 1. The SMILES string of the molecule is Cc1cccc(C(=O)N2CCCC(CN)C2)c1C. The van der Waals surface area contributed by atoms with E-state index in [1.807, 2.05) is 36.9 Å². The lowest BCUT2D eigenvalue weighted by Crippen LogP contribution is -2.42. The van der Waals surface area contributed by atoms with E-state index < -0.39 is 0 Å². The van der Waals surface area contributed by atoms with Crippen LogP contribution in [0.5, 0.6) is 0 Å². The highest BCUT2D eigenvalue weighted by Gasteiger charge is 2.24. The van der Waals surface area contributed by atoms with Crippen molar-refractivity contribution in [3.05, 3.63) is 34.9 Å². The molecule has 1 saturated heterocycles. The predicted molar refractivity (Wildman–Crippen MR) is 73.6 cm³/mol. The quantitative estimate of drug-likeness (QED) is 0.868. The molecule has 1 fully saturated rings. The Morgan fingerprint density at radius 1 is 1.44 bits per heavy atom. The summed E-state index contributed by atoms with van der Waals surface area (Å²) < 4.78 is 0. The van der Waals surface area contributed by atoms with Gasteiger partial charge in [-0.15, -0.1) is 0 Å². The number of carbonyl (C=O) groups excluding carboxylic acids is 1. The first-order valence-electron chi connectivity index (χ1n) is 6.69. The second-order valence-electron chi connectivity index (χ2n) is 5.24. The van der Waals surface area contributed by atoms with Crippen LogP contribution >= 0.6 is 0 Å². The van der Waals surface area contributed by atoms with Gasteiger partial charge in [-0.25, -0.2) is 0 Å². The van der Waals surface area contributed by atoms with E-state index in [9.17, 15) is 4.79 Å². The molecule has 1 unspecified atom stereocenters. The Balaban J connectivity index is 2.18. The van der Waals surface area contributed by atoms with Crippen LogP contribution in [0.25, 0.3) is 0 Å². The Labute approximate surface area is 109 Å². The Kier molecular flexibility index (Phi) is 4.02. The Hall–Kier alpha value is -1.35. The molecule has 1 heterocycles. The van der Waals surface area contributed by atoms with E-state index >= 15 is 0 Å². The van der Waals surface area contributed by atoms with Gasteiger partial charge in [-0.3, -0.25) is 4.79 Å². The van der Waals surface area contributed by atoms with E-state index in [-0.39, 0.29) is 5.91 Å². The van der Waals surface area contributed by atoms with Gasteiger partial charge in [-0.05, 0) is 56.3 Å². The summed E-state index contributed by atoms with van der Waals surface area (Å²) in [6.07, 6.45) is 2.21. The van der Waals surface area contributed by atoms with Crippen molar-refractivity contribution >= 4 is 5.91 Å². The molecule has 1 amide bonds. The van der Waals surface area contributed by atoms with Crippen LogP contribution in [0.3, 0.4) is 0 Å². The Morgan fingerprint density at radius 2 is 2.22 bits per heavy atom. The molecular formula is C15H22N2O. The molecule has 3 nitrogen and oxygen atoms in total. The molecule has 3 heteroatoms. The molecule has 98 valence electrons. The molecule has 1 aliphatic rings. The molecule has 0 aromatic heterocycles. The van der Waals surface area contributed by atoms with E-state index in [2.05, 4.69) is 0 Å². The molecular weight excluding hydrogens is 224 g/mol. The predicted octanol–water partition coefficient (Wildman–Crippen LogP) is 2.11. The average Bonchev–Trinajstić information content (AvgIpc) is 2.41. The fourth-order valence-electron chi connectivity index (χ4n) is 2.60. The second kappa shape index (κ2) is 5.53. The van der Waals surface area contributed by atoms with Crippen LogP contribution in [0, 0.1) is 19.8 Å². The molecule has 0 radical (unpaired) electrons. The third-order valence-electron chi connectivity index (χ3n) is 3.97. The Morgan fingerprint density at radius 3 is 2.94 bits per heavy atom. The van der Waals surface area contributed by atoms with E-state index in [1.54, 1.807) is 0 Å². The zero-order valence-electron chi connectivity index (χ0n) is 11.3. The van der Waals surface area contributed by atoms with Crippen LogP contribution < -0.4 is 5.73 Å². The number of likely N-dealkylation sites (tertiary alicyclic amines) is 1. The maximum atomic E-state index is 12.5. The van der Waals surface area contributed by atoms with Crippen LogP contribution in [0.15, 0.2) is 18.2 Å². The summed E-state index contributed by atoms with van der Waals surface area (Å²) in [6.45, 7) is 6.42. The van der Waals surface area contributed by atoms with Gasteiger partial charge >= 0.3 is 0 Å². The summed E-state index contributed by atoms with van der Waals surface area (Å²) in [5, 5.41) is 0. The van der Waals surface area contributed by atoms with Gasteiger partial charge < -0.3 is 10.6 Å². The molecule has 1 aliphatic heterocycles. The molecule has 0 bridgehead atoms. The van der Waals surface area contributed by atoms with Crippen LogP contribution in [0.2, 0.25) is 0 Å². The lowest BCUT2D eigenvalue weighted by molar-refractivity contribution is 0.0677. The second-order valence-corrected chi connectivity index (χ2v) is 5.24. The maximum absolute atomic E-state index is 12.5. The number of carbonyl (C=O) groups is 1. The maximum Gasteiger partial charge on any atom is 0.254 e. The number of benzene rings is 1. The highest BCUT2D eigenvalue weighted by Crippen LogP contribution is 2.20. The summed E-state index contributed by atoms with van der Waals surface area (Å²) in [5.41, 5.74) is 8.83. The average molecular weight is 246 g/mol. The standard InChI is InChI=1S/C15H22N2O/c1-11-5-3-7-14(12(11)2)15(18)17-8-4-6-13(9-16)10-17/h3,5,7,13H,4,6,8-10,16H2,1-2H3. The third kappa shape index (κ3) is 2.56. The van der Waals surface area contributed by atoms with E-state index in [4.69, 9.17) is 5.73 Å². The van der Waals surface area contributed by atoms with Crippen molar-refractivity contribution in [1.29, 1.82) is 0 Å². The van der Waals surface area contributed by atoms with Gasteiger partial charge in [-0.1, -0.05) is 12.1 Å². The topological polar surface area (TPSA) is 46.3 Å². The number of rotatable bonds is 2. The van der Waals surface area contributed by atoms with Crippen molar-refractivity contribution in [1.82, 2.24) is 4.90 Å². The number of hydrogen-bond acceptors (Lipinski definition) is 2. The summed E-state index contributed by atoms with van der Waals surface area (Å²) >= 11 is 0. The number of nitrogens with two attached hydrogens (primary N) is 1. The highest BCUT2D eigenvalue weighted by atomic mass is 16.2. The van der Waals surface area contributed by atoms with Gasteiger partial charge in [0.05, 0.1) is 0 Å². The van der Waals surface area contributed by atoms with Gasteiger partial charge in [0.15, 0.2) is 0 Å². The zero-order chi connectivity index (χ0) is 13.1. The minimum Gasteiger partial charge on any atom is -0.338 e. The van der Waals surface area contributed by atoms with E-state index in [0.717, 1.165) is 37.1 Å². The van der Waals surface area contributed by atoms with Gasteiger partial charge in [0, 0.05) is 18.7 Å². The molecule has 0 spiro atoms. The fraction of sp³-hybridized carbons (Fsp3) is 0.533. The van der Waals surface area contributed by atoms with Crippen LogP contribution in [0.4, 0.5) is 0 Å². The third-order valence-corrected chi connectivity index (χ3v) is 3.97. The van der Waals surface area contributed by atoms with Gasteiger partial charge in [-0.2, -0.15) is 0 Å². The minimum atomic E-state index is 0.161. The van der Waals surface area contributed by atoms with E-state index in [1.165, 1.54) is 5.56 Å². The van der Waals surface area contributed by atoms with Crippen LogP contribution in [-0.2, 0) is 0 Å². The molecule has 2 N–H and O–H groups in total. The van der Waals surface area contributed by atoms with Gasteiger partial charge in [0.2, 0.25) is 0 Å². The van der Waals surface area contributed by atoms with Crippen molar-refractivity contribution in [2.45, 2.75) is 26.7 Å². The van der Waals surface area contributed by atoms with E-state index in [0.29, 0.717) is 12.5 Å². The van der Waals surface area contributed by atoms with Crippen molar-refractivity contribution < 1.29 is 4.79 Å². The first-order chi connectivity index (χ1) is 8.63. The smallest absolute Gasteiger partial charge is 0.254 e. The lowest BCUT2D eigenvalue weighted by atomic mass is 9.96. The van der Waals surface area contributed by atoms with Crippen molar-refractivity contribution in [3.63, 3.8) is 0 Å². The summed E-state index contributed by atoms with van der Waals surface area (Å²) in [5.74, 6) is 0.627. The molecule has 18 heavy (non-hydrogen) atoms. The molecule has 1 atom stereocenters. The first kappa shape index (κ1) is 13.1. The lowest BCUT2D eigenvalue weighted by Gasteiger charge is -2.32. The molecule has 2 rings (SSSR count). The fourth-order valence-corrected chi connectivity index (χ4v) is 2.60. The minimum absolute atomic E-state index is 0.161. The summed E-state index contributed by atoms with van der Waals surface area (Å²) in [6, 6.07) is 5.93.